The lowest BCUT2D eigenvalue weighted by Crippen LogP contribution is -2.35. The first-order valence-corrected chi connectivity index (χ1v) is 3.28. The van der Waals surface area contributed by atoms with Crippen LogP contribution < -0.4 is 5.73 Å². The molecule has 0 spiro atoms. The lowest BCUT2D eigenvalue weighted by molar-refractivity contribution is -0.143. The van der Waals surface area contributed by atoms with Crippen LogP contribution in [0, 0.1) is 0 Å². The second-order valence-corrected chi connectivity index (χ2v) is 1.93. The molecule has 0 aromatic carbocycles. The van der Waals surface area contributed by atoms with E-state index < -0.39 is 12.0 Å². The van der Waals surface area contributed by atoms with E-state index >= 15 is 0 Å². The van der Waals surface area contributed by atoms with E-state index in [1.165, 1.54) is 13.4 Å². The lowest BCUT2D eigenvalue weighted by atomic mass is 10.3. The minimum atomic E-state index is -0.698. The number of carbonyl (C=O) groups excluding carboxylic acids is 1. The van der Waals surface area contributed by atoms with Crippen molar-refractivity contribution >= 4 is 5.97 Å². The molecule has 4 nitrogen and oxygen atoms in total. The summed E-state index contributed by atoms with van der Waals surface area (Å²) in [6, 6.07) is -0.698. The highest BCUT2D eigenvalue weighted by Crippen LogP contribution is 1.86. The fraction of sp³-hybridized carbons (Fsp3) is 0.571. The summed E-state index contributed by atoms with van der Waals surface area (Å²) in [6.45, 7) is 1.96. The van der Waals surface area contributed by atoms with Crippen LogP contribution in [0.15, 0.2) is 12.3 Å². The molecule has 11 heavy (non-hydrogen) atoms. The second kappa shape index (κ2) is 5.73. The number of rotatable bonds is 4. The normalized spacial score (nSPS) is 13.0. The molecule has 0 radical (unpaired) electrons. The van der Waals surface area contributed by atoms with E-state index in [4.69, 9.17) is 10.5 Å². The summed E-state index contributed by atoms with van der Waals surface area (Å²) in [7, 11) is 1.29. The molecule has 2 N–H and O–H groups in total. The smallest absolute Gasteiger partial charge is 0.326 e. The van der Waals surface area contributed by atoms with Gasteiger partial charge in [0.1, 0.15) is 12.6 Å². The Morgan fingerprint density at radius 1 is 1.73 bits per heavy atom. The van der Waals surface area contributed by atoms with Gasteiger partial charge in [-0.25, -0.2) is 0 Å². The maximum absolute atomic E-state index is 10.7. The van der Waals surface area contributed by atoms with Crippen LogP contribution in [-0.2, 0) is 14.3 Å². The molecule has 0 fully saturated rings. The van der Waals surface area contributed by atoms with Crippen molar-refractivity contribution in [3.8, 4) is 0 Å². The summed E-state index contributed by atoms with van der Waals surface area (Å²) in [4.78, 5) is 10.7. The van der Waals surface area contributed by atoms with Crippen LogP contribution in [0.25, 0.3) is 0 Å². The van der Waals surface area contributed by atoms with E-state index in [0.717, 1.165) is 0 Å². The fourth-order valence-corrected chi connectivity index (χ4v) is 0.475. The van der Waals surface area contributed by atoms with Crippen LogP contribution in [0.5, 0.6) is 0 Å². The van der Waals surface area contributed by atoms with Gasteiger partial charge in [-0.1, -0.05) is 6.08 Å². The summed E-state index contributed by atoms with van der Waals surface area (Å²) in [5, 5.41) is 0. The van der Waals surface area contributed by atoms with Gasteiger partial charge >= 0.3 is 5.97 Å². The van der Waals surface area contributed by atoms with Gasteiger partial charge < -0.3 is 15.2 Å². The van der Waals surface area contributed by atoms with Crippen LogP contribution >= 0.6 is 0 Å². The number of hydrogen-bond donors (Lipinski definition) is 1. The van der Waals surface area contributed by atoms with Crippen LogP contribution in [0.4, 0.5) is 0 Å². The third-order valence-electron chi connectivity index (χ3n) is 1.01. The van der Waals surface area contributed by atoms with Gasteiger partial charge in [-0.2, -0.15) is 0 Å². The molecule has 64 valence electrons. The molecule has 0 aromatic heterocycles. The van der Waals surface area contributed by atoms with Gasteiger partial charge in [0.15, 0.2) is 0 Å². The van der Waals surface area contributed by atoms with E-state index in [-0.39, 0.29) is 6.61 Å². The Kier molecular flexibility index (Phi) is 5.20. The molecule has 0 aromatic rings. The monoisotopic (exact) mass is 159 g/mol. The highest BCUT2D eigenvalue weighted by Gasteiger charge is 2.12. The van der Waals surface area contributed by atoms with Gasteiger partial charge in [0.2, 0.25) is 0 Å². The number of methoxy groups -OCH3 is 1. The van der Waals surface area contributed by atoms with E-state index in [2.05, 4.69) is 4.74 Å². The molecular formula is C7H13NO3. The quantitative estimate of drug-likeness (QED) is 0.464. The molecule has 0 bridgehead atoms. The minimum Gasteiger partial charge on any atom is -0.499 e. The van der Waals surface area contributed by atoms with Crippen molar-refractivity contribution in [3.63, 3.8) is 0 Å². The van der Waals surface area contributed by atoms with Crippen LogP contribution in [0.2, 0.25) is 0 Å². The molecule has 0 heterocycles. The molecule has 0 aliphatic heterocycles. The Balaban J connectivity index is 3.51. The van der Waals surface area contributed by atoms with Gasteiger partial charge in [-0.3, -0.25) is 4.79 Å². The molecule has 0 aliphatic rings. The first kappa shape index (κ1) is 9.97. The molecule has 0 unspecified atom stereocenters. The first-order chi connectivity index (χ1) is 5.22. The number of esters is 1. The van der Waals surface area contributed by atoms with Crippen molar-refractivity contribution in [2.24, 2.45) is 5.73 Å². The standard InChI is InChI=1S/C7H13NO3/c1-3-4-11-5-6(8)7(9)10-2/h3-4,6H,5,8H2,1-2H3/t6-/m1/s1. The molecular weight excluding hydrogens is 146 g/mol. The molecule has 0 rings (SSSR count). The zero-order chi connectivity index (χ0) is 8.69. The summed E-state index contributed by atoms with van der Waals surface area (Å²) in [6.07, 6.45) is 3.19. The van der Waals surface area contributed by atoms with E-state index in [0.29, 0.717) is 0 Å². The third kappa shape index (κ3) is 4.38. The first-order valence-electron chi connectivity index (χ1n) is 3.28. The summed E-state index contributed by atoms with van der Waals surface area (Å²) in [5.41, 5.74) is 5.34. The predicted molar refractivity (Wildman–Crippen MR) is 40.8 cm³/mol. The number of nitrogens with two attached hydrogens (primary N) is 1. The molecule has 0 amide bonds. The topological polar surface area (TPSA) is 61.5 Å². The van der Waals surface area contributed by atoms with Crippen molar-refractivity contribution in [3.05, 3.63) is 12.3 Å². The molecule has 1 atom stereocenters. The van der Waals surface area contributed by atoms with E-state index in [1.807, 2.05) is 6.92 Å². The van der Waals surface area contributed by atoms with Crippen molar-refractivity contribution < 1.29 is 14.3 Å². The third-order valence-corrected chi connectivity index (χ3v) is 1.01. The van der Waals surface area contributed by atoms with E-state index in [1.54, 1.807) is 6.08 Å². The molecule has 0 aliphatic carbocycles. The zero-order valence-corrected chi connectivity index (χ0v) is 6.74. The van der Waals surface area contributed by atoms with Gasteiger partial charge in [-0.05, 0) is 6.92 Å². The highest BCUT2D eigenvalue weighted by molar-refractivity contribution is 5.75. The largest absolute Gasteiger partial charge is 0.499 e. The Hall–Kier alpha value is -1.03. The predicted octanol–water partition coefficient (Wildman–Crippen LogP) is 0.0369. The lowest BCUT2D eigenvalue weighted by Gasteiger charge is -2.07. The average Bonchev–Trinajstić information content (AvgIpc) is 2.03. The average molecular weight is 159 g/mol. The maximum Gasteiger partial charge on any atom is 0.326 e. The highest BCUT2D eigenvalue weighted by atomic mass is 16.5. The van der Waals surface area contributed by atoms with Crippen LogP contribution in [0.1, 0.15) is 6.92 Å². The SMILES string of the molecule is CC=COC[C@@H](N)C(=O)OC. The zero-order valence-electron chi connectivity index (χ0n) is 6.74. The maximum atomic E-state index is 10.7. The molecule has 4 heteroatoms. The summed E-state index contributed by atoms with van der Waals surface area (Å²) < 4.78 is 9.24. The number of carbonyl (C=O) groups is 1. The Morgan fingerprint density at radius 3 is 2.82 bits per heavy atom. The summed E-state index contributed by atoms with van der Waals surface area (Å²) in [5.74, 6) is -0.463. The van der Waals surface area contributed by atoms with Crippen molar-refractivity contribution in [2.75, 3.05) is 13.7 Å². The van der Waals surface area contributed by atoms with Gasteiger partial charge in [0, 0.05) is 0 Å². The fourth-order valence-electron chi connectivity index (χ4n) is 0.475. The van der Waals surface area contributed by atoms with Crippen molar-refractivity contribution in [1.29, 1.82) is 0 Å². The van der Waals surface area contributed by atoms with Crippen LogP contribution in [0.3, 0.4) is 0 Å². The Morgan fingerprint density at radius 2 is 2.36 bits per heavy atom. The van der Waals surface area contributed by atoms with Crippen molar-refractivity contribution in [1.82, 2.24) is 0 Å². The number of hydrogen-bond acceptors (Lipinski definition) is 4. The molecule has 0 saturated carbocycles. The van der Waals surface area contributed by atoms with Gasteiger partial charge in [-0.15, -0.1) is 0 Å². The van der Waals surface area contributed by atoms with Crippen LogP contribution in [-0.4, -0.2) is 25.7 Å². The van der Waals surface area contributed by atoms with E-state index in [9.17, 15) is 4.79 Å². The van der Waals surface area contributed by atoms with Crippen molar-refractivity contribution in [2.45, 2.75) is 13.0 Å². The second-order valence-electron chi connectivity index (χ2n) is 1.93. The Bertz CT molecular complexity index is 145. The number of ether oxygens (including phenoxy) is 2. The Labute approximate surface area is 66.0 Å². The minimum absolute atomic E-state index is 0.150. The summed E-state index contributed by atoms with van der Waals surface area (Å²) >= 11 is 0. The molecule has 0 saturated heterocycles. The van der Waals surface area contributed by atoms with Gasteiger partial charge in [0.25, 0.3) is 0 Å². The van der Waals surface area contributed by atoms with Gasteiger partial charge in [0.05, 0.1) is 13.4 Å². The number of allylic oxidation sites excluding steroid dienone is 1.